The molecule has 0 fully saturated rings. The van der Waals surface area contributed by atoms with E-state index >= 15 is 0 Å². The van der Waals surface area contributed by atoms with Gasteiger partial charge in [-0.25, -0.2) is 9.78 Å². The van der Waals surface area contributed by atoms with Crippen LogP contribution in [0.25, 0.3) is 0 Å². The molecule has 0 radical (unpaired) electrons. The second-order valence-corrected chi connectivity index (χ2v) is 7.06. The Morgan fingerprint density at radius 3 is 2.31 bits per heavy atom. The molecule has 0 aliphatic rings. The number of aliphatic carboxylic acids is 1. The molecule has 0 bridgehead atoms. The van der Waals surface area contributed by atoms with Gasteiger partial charge in [-0.05, 0) is 12.8 Å². The molecule has 32 heavy (non-hydrogen) atoms. The molecule has 1 aromatic heterocycles. The summed E-state index contributed by atoms with van der Waals surface area (Å²) < 4.78 is 0. The first kappa shape index (κ1) is 26.7. The number of aromatic amines is 1. The molecule has 11 N–H and O–H groups in total. The molecule has 3 amide bonds. The molecular formula is C17H29N9O5S. The zero-order chi connectivity index (χ0) is 24.1. The molecule has 1 heterocycles. The van der Waals surface area contributed by atoms with Gasteiger partial charge in [0.25, 0.3) is 0 Å². The van der Waals surface area contributed by atoms with Crippen LogP contribution in [0.3, 0.4) is 0 Å². The quantitative estimate of drug-likeness (QED) is 0.0563. The van der Waals surface area contributed by atoms with Gasteiger partial charge in [0.1, 0.15) is 18.1 Å². The molecule has 0 saturated carbocycles. The predicted molar refractivity (Wildman–Crippen MR) is 119 cm³/mol. The third-order valence-electron chi connectivity index (χ3n) is 4.19. The van der Waals surface area contributed by atoms with Gasteiger partial charge in [0, 0.05) is 30.6 Å². The van der Waals surface area contributed by atoms with Crippen LogP contribution < -0.4 is 33.2 Å². The summed E-state index contributed by atoms with van der Waals surface area (Å²) in [6.45, 7) is -0.100. The summed E-state index contributed by atoms with van der Waals surface area (Å²) in [5.74, 6) is -3.45. The lowest BCUT2D eigenvalue weighted by Gasteiger charge is -2.23. The standard InChI is InChI=1S/C17H29N9O5S/c18-5-13(27)24-10(2-1-3-22-17(19)20)14(28)26-12(7-32)15(29)25-11(16(30)31)4-9-6-21-8-23-9/h6,8,10-12,32H,1-5,7,18H2,(H,21,23)(H,24,27)(H,25,29)(H,26,28)(H,30,31)(H4,19,20,22). The van der Waals surface area contributed by atoms with E-state index in [9.17, 15) is 24.3 Å². The Kier molecular flexibility index (Phi) is 11.6. The number of hydrogen-bond donors (Lipinski definition) is 9. The van der Waals surface area contributed by atoms with Crippen LogP contribution in [-0.2, 0) is 25.6 Å². The van der Waals surface area contributed by atoms with E-state index in [-0.39, 0.29) is 37.6 Å². The molecule has 1 aromatic rings. The number of carboxylic acids is 1. The van der Waals surface area contributed by atoms with Crippen molar-refractivity contribution in [2.45, 2.75) is 37.4 Å². The molecule has 14 nitrogen and oxygen atoms in total. The summed E-state index contributed by atoms with van der Waals surface area (Å²) in [4.78, 5) is 58.8. The number of carbonyl (C=O) groups is 4. The summed E-state index contributed by atoms with van der Waals surface area (Å²) in [5, 5.41) is 16.7. The first-order chi connectivity index (χ1) is 15.2. The van der Waals surface area contributed by atoms with E-state index in [1.54, 1.807) is 0 Å². The Morgan fingerprint density at radius 1 is 1.12 bits per heavy atom. The molecule has 0 aliphatic carbocycles. The maximum atomic E-state index is 12.7. The first-order valence-corrected chi connectivity index (χ1v) is 10.3. The number of hydrogen-bond acceptors (Lipinski definition) is 8. The number of H-pyrrole nitrogens is 1. The summed E-state index contributed by atoms with van der Waals surface area (Å²) >= 11 is 4.07. The van der Waals surface area contributed by atoms with E-state index in [0.717, 1.165) is 0 Å². The van der Waals surface area contributed by atoms with Gasteiger partial charge >= 0.3 is 5.97 Å². The number of nitrogens with one attached hydrogen (secondary N) is 4. The van der Waals surface area contributed by atoms with Gasteiger partial charge in [0.2, 0.25) is 17.7 Å². The number of carbonyl (C=O) groups excluding carboxylic acids is 3. The van der Waals surface area contributed by atoms with Crippen molar-refractivity contribution < 1.29 is 24.3 Å². The van der Waals surface area contributed by atoms with E-state index in [2.05, 4.69) is 43.5 Å². The fourth-order valence-electron chi connectivity index (χ4n) is 2.58. The lowest BCUT2D eigenvalue weighted by atomic mass is 10.1. The number of rotatable bonds is 14. The number of nitrogens with two attached hydrogens (primary N) is 3. The van der Waals surface area contributed by atoms with Crippen molar-refractivity contribution in [3.8, 4) is 0 Å². The highest BCUT2D eigenvalue weighted by molar-refractivity contribution is 7.80. The van der Waals surface area contributed by atoms with Crippen LogP contribution in [0.4, 0.5) is 0 Å². The second kappa shape index (κ2) is 13.9. The highest BCUT2D eigenvalue weighted by atomic mass is 32.1. The van der Waals surface area contributed by atoms with Crippen LogP contribution >= 0.6 is 12.6 Å². The topological polar surface area (TPSA) is 244 Å². The summed E-state index contributed by atoms with van der Waals surface area (Å²) in [5.41, 5.74) is 16.3. The molecule has 0 spiro atoms. The van der Waals surface area contributed by atoms with Gasteiger partial charge in [0.05, 0.1) is 12.9 Å². The lowest BCUT2D eigenvalue weighted by molar-refractivity contribution is -0.142. The first-order valence-electron chi connectivity index (χ1n) is 9.64. The zero-order valence-corrected chi connectivity index (χ0v) is 18.2. The van der Waals surface area contributed by atoms with Crippen LogP contribution in [0.15, 0.2) is 17.5 Å². The molecular weight excluding hydrogens is 442 g/mol. The van der Waals surface area contributed by atoms with E-state index in [1.165, 1.54) is 12.5 Å². The Morgan fingerprint density at radius 2 is 1.78 bits per heavy atom. The molecule has 0 aliphatic heterocycles. The Balaban J connectivity index is 2.78. The highest BCUT2D eigenvalue weighted by Crippen LogP contribution is 2.03. The minimum absolute atomic E-state index is 0.0334. The molecule has 0 saturated heterocycles. The molecule has 1 rings (SSSR count). The number of amides is 3. The van der Waals surface area contributed by atoms with Crippen LogP contribution in [0.1, 0.15) is 18.5 Å². The van der Waals surface area contributed by atoms with Gasteiger partial charge < -0.3 is 43.2 Å². The van der Waals surface area contributed by atoms with Gasteiger partial charge in [-0.1, -0.05) is 0 Å². The van der Waals surface area contributed by atoms with E-state index < -0.39 is 41.8 Å². The highest BCUT2D eigenvalue weighted by Gasteiger charge is 2.29. The largest absolute Gasteiger partial charge is 0.480 e. The predicted octanol–water partition coefficient (Wildman–Crippen LogP) is -3.57. The molecule has 178 valence electrons. The molecule has 3 atom stereocenters. The zero-order valence-electron chi connectivity index (χ0n) is 17.3. The number of aliphatic imine (C=N–C) groups is 1. The third kappa shape index (κ3) is 9.65. The van der Waals surface area contributed by atoms with Crippen LogP contribution in [0.2, 0.25) is 0 Å². The van der Waals surface area contributed by atoms with Crippen molar-refractivity contribution in [3.63, 3.8) is 0 Å². The van der Waals surface area contributed by atoms with Gasteiger partial charge in [0.15, 0.2) is 5.96 Å². The minimum Gasteiger partial charge on any atom is -0.480 e. The van der Waals surface area contributed by atoms with E-state index in [0.29, 0.717) is 12.1 Å². The number of carboxylic acid groups (broad SMARTS) is 1. The van der Waals surface area contributed by atoms with E-state index in [1.807, 2.05) is 0 Å². The summed E-state index contributed by atoms with van der Waals surface area (Å²) in [7, 11) is 0. The van der Waals surface area contributed by atoms with E-state index in [4.69, 9.17) is 17.2 Å². The number of imidazole rings is 1. The number of guanidine groups is 1. The number of aromatic nitrogens is 2. The van der Waals surface area contributed by atoms with Crippen molar-refractivity contribution in [1.82, 2.24) is 25.9 Å². The third-order valence-corrected chi connectivity index (χ3v) is 4.56. The normalized spacial score (nSPS) is 13.3. The summed E-state index contributed by atoms with van der Waals surface area (Å²) in [6, 6.07) is -3.41. The number of thiol groups is 1. The van der Waals surface area contributed by atoms with Crippen LogP contribution in [-0.4, -0.2) is 81.7 Å². The maximum Gasteiger partial charge on any atom is 0.326 e. The van der Waals surface area contributed by atoms with Crippen molar-refractivity contribution in [3.05, 3.63) is 18.2 Å². The number of nitrogens with zero attached hydrogens (tertiary/aromatic N) is 2. The van der Waals surface area contributed by atoms with Gasteiger partial charge in [-0.15, -0.1) is 0 Å². The monoisotopic (exact) mass is 471 g/mol. The Hall–Kier alpha value is -3.33. The maximum absolute atomic E-state index is 12.7. The Bertz CT molecular complexity index is 798. The molecule has 0 aromatic carbocycles. The average Bonchev–Trinajstić information content (AvgIpc) is 3.25. The lowest BCUT2D eigenvalue weighted by Crippen LogP contribution is -2.57. The fourth-order valence-corrected chi connectivity index (χ4v) is 2.84. The molecule has 3 unspecified atom stereocenters. The van der Waals surface area contributed by atoms with Gasteiger partial charge in [-0.3, -0.25) is 19.4 Å². The van der Waals surface area contributed by atoms with Crippen molar-refractivity contribution >= 4 is 42.3 Å². The molecule has 15 heteroatoms. The minimum atomic E-state index is -1.26. The smallest absolute Gasteiger partial charge is 0.326 e. The SMILES string of the molecule is NCC(=O)NC(CCCN=C(N)N)C(=O)NC(CS)C(=O)NC(Cc1cnc[nH]1)C(=O)O. The van der Waals surface area contributed by atoms with Crippen molar-refractivity contribution in [2.75, 3.05) is 18.8 Å². The van der Waals surface area contributed by atoms with Crippen molar-refractivity contribution in [2.24, 2.45) is 22.2 Å². The average molecular weight is 472 g/mol. The van der Waals surface area contributed by atoms with Crippen LogP contribution in [0.5, 0.6) is 0 Å². The second-order valence-electron chi connectivity index (χ2n) is 6.70. The van der Waals surface area contributed by atoms with Gasteiger partial charge in [-0.2, -0.15) is 12.6 Å². The van der Waals surface area contributed by atoms with Crippen LogP contribution in [0, 0.1) is 0 Å². The summed E-state index contributed by atoms with van der Waals surface area (Å²) in [6.07, 6.45) is 3.33. The van der Waals surface area contributed by atoms with Crippen molar-refractivity contribution in [1.29, 1.82) is 0 Å². The Labute approximate surface area is 189 Å². The fraction of sp³-hybridized carbons (Fsp3) is 0.529.